The lowest BCUT2D eigenvalue weighted by molar-refractivity contribution is -0.142. The Kier molecular flexibility index (Phi) is 13.7. The van der Waals surface area contributed by atoms with E-state index in [2.05, 4.69) is 21.9 Å². The van der Waals surface area contributed by atoms with Gasteiger partial charge in [0.1, 0.15) is 47.3 Å². The minimum absolute atomic E-state index is 0.00656. The topological polar surface area (TPSA) is 221 Å². The summed E-state index contributed by atoms with van der Waals surface area (Å²) in [7, 11) is -4.04. The number of hydrogen-bond acceptors (Lipinski definition) is 13. The number of sulfonamides is 1. The fraction of sp³-hybridized carbons (Fsp3) is 0.698. The Morgan fingerprint density at radius 2 is 1.62 bits per heavy atom. The summed E-state index contributed by atoms with van der Waals surface area (Å²) in [4.78, 5) is 79.8. The third kappa shape index (κ3) is 10.3. The van der Waals surface area contributed by atoms with E-state index in [0.29, 0.717) is 75.3 Å². The third-order valence-electron chi connectivity index (χ3n) is 16.6. The van der Waals surface area contributed by atoms with E-state index in [9.17, 15) is 27.6 Å². The van der Waals surface area contributed by atoms with Crippen molar-refractivity contribution >= 4 is 50.8 Å². The highest BCUT2D eigenvalue weighted by Crippen LogP contribution is 2.48. The van der Waals surface area contributed by atoms with Gasteiger partial charge in [-0.25, -0.2) is 23.0 Å². The lowest BCUT2D eigenvalue weighted by atomic mass is 9.83. The Balaban J connectivity index is 0.987. The number of ether oxygens (including phenoxy) is 5. The van der Waals surface area contributed by atoms with E-state index in [1.165, 1.54) is 11.0 Å². The molecule has 2 unspecified atom stereocenters. The first-order valence-electron chi connectivity index (χ1n) is 26.5. The summed E-state index contributed by atoms with van der Waals surface area (Å²) < 4.78 is 59.7. The Labute approximate surface area is 422 Å². The van der Waals surface area contributed by atoms with Crippen LogP contribution in [0.5, 0.6) is 11.6 Å². The normalized spacial score (nSPS) is 32.8. The monoisotopic (exact) mass is 1020 g/mol. The van der Waals surface area contributed by atoms with Gasteiger partial charge >= 0.3 is 12.2 Å². The van der Waals surface area contributed by atoms with Crippen molar-refractivity contribution < 1.29 is 56.1 Å². The van der Waals surface area contributed by atoms with Crippen molar-refractivity contribution in [2.45, 2.75) is 195 Å². The summed E-state index contributed by atoms with van der Waals surface area (Å²) in [6.45, 7) is 11.7. The molecule has 72 heavy (non-hydrogen) atoms. The Bertz CT molecular complexity index is 2560. The van der Waals surface area contributed by atoms with Gasteiger partial charge in [-0.2, -0.15) is 0 Å². The summed E-state index contributed by atoms with van der Waals surface area (Å²) in [6, 6.07) is 5.05. The quantitative estimate of drug-likeness (QED) is 0.233. The van der Waals surface area contributed by atoms with Crippen LogP contribution in [0.15, 0.2) is 36.9 Å². The number of carbonyl (C=O) groups is 5. The minimum atomic E-state index is -4.04. The molecule has 1 aromatic heterocycles. The molecule has 18 nitrogen and oxygen atoms in total. The Hall–Kier alpha value is -5.17. The van der Waals surface area contributed by atoms with Crippen LogP contribution < -0.4 is 24.8 Å². The van der Waals surface area contributed by atoms with Crippen molar-refractivity contribution in [1.29, 1.82) is 0 Å². The summed E-state index contributed by atoms with van der Waals surface area (Å²) in [6.07, 6.45) is 10.1. The van der Waals surface area contributed by atoms with Gasteiger partial charge in [-0.15, -0.1) is 6.58 Å². The van der Waals surface area contributed by atoms with Gasteiger partial charge in [0.25, 0.3) is 5.91 Å². The van der Waals surface area contributed by atoms with E-state index in [0.717, 1.165) is 62.3 Å². The van der Waals surface area contributed by atoms with E-state index in [1.807, 2.05) is 49.9 Å². The number of piperidine rings is 1. The molecule has 10 rings (SSSR count). The number of nitrogens with zero attached hydrogens (tertiary/aromatic N) is 3. The molecule has 4 bridgehead atoms. The smallest absolute Gasteiger partial charge is 0.410 e. The molecule has 3 N–H and O–H groups in total. The van der Waals surface area contributed by atoms with E-state index >= 15 is 4.79 Å². The summed E-state index contributed by atoms with van der Waals surface area (Å²) in [5.74, 6) is -1.53. The Morgan fingerprint density at radius 1 is 0.931 bits per heavy atom. The first kappa shape index (κ1) is 50.4. The fourth-order valence-electron chi connectivity index (χ4n) is 11.9. The number of aromatic nitrogens is 1. The Morgan fingerprint density at radius 3 is 2.31 bits per heavy atom. The molecule has 4 aliphatic carbocycles. The number of hydrogen-bond donors (Lipinski definition) is 3. The second kappa shape index (κ2) is 19.6. The zero-order valence-electron chi connectivity index (χ0n) is 42.2. The predicted molar refractivity (Wildman–Crippen MR) is 264 cm³/mol. The summed E-state index contributed by atoms with van der Waals surface area (Å²) >= 11 is 0. The van der Waals surface area contributed by atoms with Crippen LogP contribution in [0.1, 0.15) is 136 Å². The van der Waals surface area contributed by atoms with Crippen molar-refractivity contribution in [3.05, 3.63) is 42.5 Å². The van der Waals surface area contributed by atoms with Crippen LogP contribution in [0.25, 0.3) is 10.9 Å². The van der Waals surface area contributed by atoms with E-state index < -0.39 is 73.8 Å². The summed E-state index contributed by atoms with van der Waals surface area (Å²) in [5.41, 5.74) is -0.857. The molecule has 9 atom stereocenters. The van der Waals surface area contributed by atoms with Crippen molar-refractivity contribution in [3.63, 3.8) is 0 Å². The van der Waals surface area contributed by atoms with Crippen molar-refractivity contribution in [2.75, 3.05) is 19.8 Å². The highest BCUT2D eigenvalue weighted by Gasteiger charge is 2.63. The van der Waals surface area contributed by atoms with Gasteiger partial charge < -0.3 is 39.2 Å². The molecule has 8 aliphatic rings. The van der Waals surface area contributed by atoms with Crippen LogP contribution in [0, 0.1) is 17.8 Å². The van der Waals surface area contributed by atoms with Crippen molar-refractivity contribution in [1.82, 2.24) is 30.1 Å². The number of fused-ring (bicyclic) bond motifs is 7. The number of rotatable bonds is 9. The van der Waals surface area contributed by atoms with Gasteiger partial charge in [-0.05, 0) is 109 Å². The number of carbonyl (C=O) groups excluding carboxylic acids is 5. The van der Waals surface area contributed by atoms with Gasteiger partial charge in [0.15, 0.2) is 0 Å². The maximum absolute atomic E-state index is 15.3. The third-order valence-corrected chi connectivity index (χ3v) is 18.7. The number of pyridine rings is 1. The SMILES string of the molecule is C=C[C@@H]1C[C@]1(NC(=O)[C@@H]1C[C@@H]2CN1C(=O)[C@H](C1CCCCC1)NC(=O)O[C@@H]1C[C@H]1CCCCCc1c(nc3ccccc3c1OC1CC3COCC(C1)N3C(=O)OC(C)(C)C)O2)C(=O)NS(=O)(=O)C1(C)CC1. The molecule has 5 heterocycles. The minimum Gasteiger partial charge on any atom is -0.489 e. The molecular weight excluding hydrogens is 945 g/mol. The average Bonchev–Trinajstić information content (AvgIpc) is 4.30. The van der Waals surface area contributed by atoms with Crippen LogP contribution in [0.4, 0.5) is 9.59 Å². The van der Waals surface area contributed by atoms with Gasteiger partial charge in [0, 0.05) is 30.6 Å². The first-order valence-corrected chi connectivity index (χ1v) is 28.0. The molecule has 0 spiro atoms. The zero-order valence-corrected chi connectivity index (χ0v) is 43.0. The highest BCUT2D eigenvalue weighted by atomic mass is 32.2. The van der Waals surface area contributed by atoms with E-state index in [1.54, 1.807) is 6.92 Å². The summed E-state index contributed by atoms with van der Waals surface area (Å²) in [5, 5.41) is 6.68. The first-order chi connectivity index (χ1) is 34.3. The van der Waals surface area contributed by atoms with Crippen molar-refractivity contribution in [2.24, 2.45) is 17.8 Å². The number of nitrogens with one attached hydrogen (secondary N) is 3. The van der Waals surface area contributed by atoms with Crippen LogP contribution in [0.3, 0.4) is 0 Å². The molecule has 1 aromatic carbocycles. The highest BCUT2D eigenvalue weighted by molar-refractivity contribution is 7.91. The van der Waals surface area contributed by atoms with Gasteiger partial charge in [0.05, 0.1) is 47.7 Å². The molecule has 4 saturated carbocycles. The van der Waals surface area contributed by atoms with Crippen LogP contribution in [-0.2, 0) is 45.0 Å². The van der Waals surface area contributed by atoms with E-state index in [-0.39, 0.29) is 61.6 Å². The van der Waals surface area contributed by atoms with Gasteiger partial charge in [-0.3, -0.25) is 24.0 Å². The number of benzene rings is 1. The number of alkyl carbamates (subject to hydrolysis) is 1. The van der Waals surface area contributed by atoms with Crippen LogP contribution in [0.2, 0.25) is 0 Å². The lowest BCUT2D eigenvalue weighted by Gasteiger charge is -2.48. The molecule has 392 valence electrons. The molecule has 0 radical (unpaired) electrons. The molecular formula is C53H72N6O12S. The molecule has 19 heteroatoms. The number of amides is 5. The predicted octanol–water partition coefficient (Wildman–Crippen LogP) is 6.37. The largest absolute Gasteiger partial charge is 0.489 e. The van der Waals surface area contributed by atoms with Crippen LogP contribution in [-0.4, -0.2) is 131 Å². The average molecular weight is 1020 g/mol. The molecule has 7 fully saturated rings. The molecule has 4 aliphatic heterocycles. The second-order valence-electron chi connectivity index (χ2n) is 23.1. The molecule has 3 saturated heterocycles. The molecule has 5 amide bonds. The fourth-order valence-corrected chi connectivity index (χ4v) is 13.2. The maximum Gasteiger partial charge on any atom is 0.410 e. The van der Waals surface area contributed by atoms with Crippen LogP contribution >= 0.6 is 0 Å². The van der Waals surface area contributed by atoms with Gasteiger partial charge in [0.2, 0.25) is 27.7 Å². The van der Waals surface area contributed by atoms with E-state index in [4.69, 9.17) is 28.7 Å². The molecule has 2 aromatic rings. The number of morpholine rings is 1. The van der Waals surface area contributed by atoms with Gasteiger partial charge in [-0.1, -0.05) is 50.3 Å². The second-order valence-corrected chi connectivity index (χ2v) is 25.3. The standard InChI is InChI=1S/C53H72N6O12S/c1-6-33-27-53(33,48(62)57-72(65,66)52(5)21-22-52)56-45(60)41-26-37-28-58(41)47(61)43(31-15-9-7-10-16-31)55-49(63)70-42-23-32(42)17-11-8-12-19-39-44(38-18-13-14-20-40(38)54-46(39)69-37)68-36-24-34-29-67-30-35(25-36)59(34)50(64)71-51(2,3)4/h6,13-14,18,20,31-37,41-43H,1,7-12,15-17,19,21-30H2,2-5H3,(H,55,63)(H,56,60)(H,57,62)/t32-,33-,34?,35?,36?,37-,41+,42-,43+,53-/m1/s1. The lowest BCUT2D eigenvalue weighted by Crippen LogP contribution is -2.61. The zero-order chi connectivity index (χ0) is 50.7. The van der Waals surface area contributed by atoms with Crippen molar-refractivity contribution in [3.8, 4) is 11.6 Å². The maximum atomic E-state index is 15.3. The number of para-hydroxylation sites is 1.